The number of hydrogen-bond donors (Lipinski definition) is 0. The van der Waals surface area contributed by atoms with Crippen LogP contribution in [0.25, 0.3) is 0 Å². The maximum absolute atomic E-state index is 12.7. The first-order valence-corrected chi connectivity index (χ1v) is 8.67. The summed E-state index contributed by atoms with van der Waals surface area (Å²) in [4.78, 5) is 16.9. The van der Waals surface area contributed by atoms with Crippen molar-refractivity contribution in [1.29, 1.82) is 0 Å². The van der Waals surface area contributed by atoms with Crippen molar-refractivity contribution in [3.05, 3.63) is 54.4 Å². The van der Waals surface area contributed by atoms with Gasteiger partial charge in [0.25, 0.3) is 5.91 Å². The Kier molecular flexibility index (Phi) is 4.53. The van der Waals surface area contributed by atoms with E-state index in [0.29, 0.717) is 25.5 Å². The van der Waals surface area contributed by atoms with E-state index in [2.05, 4.69) is 20.2 Å². The third-order valence-corrected chi connectivity index (χ3v) is 4.53. The van der Waals surface area contributed by atoms with E-state index in [0.717, 1.165) is 19.6 Å². The van der Waals surface area contributed by atoms with Crippen molar-refractivity contribution in [1.82, 2.24) is 39.1 Å². The fourth-order valence-corrected chi connectivity index (χ4v) is 3.17. The number of amides is 1. The molecule has 0 aliphatic carbocycles. The van der Waals surface area contributed by atoms with Crippen molar-refractivity contribution >= 4 is 5.91 Å². The topological polar surface area (TPSA) is 77.0 Å². The molecule has 0 N–H and O–H groups in total. The maximum atomic E-state index is 12.7. The van der Waals surface area contributed by atoms with E-state index in [-0.39, 0.29) is 5.91 Å². The average molecular weight is 354 g/mol. The lowest BCUT2D eigenvalue weighted by Gasteiger charge is -2.34. The Morgan fingerprint density at radius 3 is 2.65 bits per heavy atom. The number of piperazine rings is 1. The Morgan fingerprint density at radius 2 is 1.96 bits per heavy atom. The minimum absolute atomic E-state index is 0.00903. The van der Waals surface area contributed by atoms with Gasteiger partial charge >= 0.3 is 0 Å². The molecule has 9 nitrogen and oxygen atoms in total. The fourth-order valence-electron chi connectivity index (χ4n) is 3.17. The molecular formula is C17H22N8O. The van der Waals surface area contributed by atoms with Gasteiger partial charge in [-0.25, -0.2) is 0 Å². The summed E-state index contributed by atoms with van der Waals surface area (Å²) in [5.74, 6) is -0.00903. The van der Waals surface area contributed by atoms with Crippen molar-refractivity contribution in [2.24, 2.45) is 7.05 Å². The number of aromatic nitrogens is 6. The second kappa shape index (κ2) is 7.12. The van der Waals surface area contributed by atoms with E-state index in [1.165, 1.54) is 5.56 Å². The average Bonchev–Trinajstić information content (AvgIpc) is 3.39. The highest BCUT2D eigenvalue weighted by Crippen LogP contribution is 2.10. The molecule has 0 spiro atoms. The zero-order chi connectivity index (χ0) is 17.9. The normalized spacial score (nSPS) is 15.5. The highest BCUT2D eigenvalue weighted by Gasteiger charge is 2.23. The Bertz CT molecular complexity index is 857. The van der Waals surface area contributed by atoms with Crippen LogP contribution in [0.4, 0.5) is 0 Å². The van der Waals surface area contributed by atoms with Gasteiger partial charge in [0, 0.05) is 70.1 Å². The lowest BCUT2D eigenvalue weighted by molar-refractivity contribution is 0.0621. The molecule has 136 valence electrons. The van der Waals surface area contributed by atoms with Crippen LogP contribution in [0.5, 0.6) is 0 Å². The SMILES string of the molecule is Cn1cc(CN2CCN(C(=O)c3ccn(Cn4cccn4)n3)CC2)cn1. The van der Waals surface area contributed by atoms with Gasteiger partial charge in [-0.05, 0) is 12.1 Å². The predicted molar refractivity (Wildman–Crippen MR) is 94.2 cm³/mol. The van der Waals surface area contributed by atoms with E-state index in [4.69, 9.17) is 0 Å². The number of hydrogen-bond acceptors (Lipinski definition) is 5. The first kappa shape index (κ1) is 16.5. The molecule has 1 aliphatic rings. The second-order valence-electron chi connectivity index (χ2n) is 6.52. The van der Waals surface area contributed by atoms with Crippen molar-refractivity contribution in [3.8, 4) is 0 Å². The summed E-state index contributed by atoms with van der Waals surface area (Å²) >= 11 is 0. The Balaban J connectivity index is 1.31. The quantitative estimate of drug-likeness (QED) is 0.658. The Morgan fingerprint density at radius 1 is 1.12 bits per heavy atom. The minimum Gasteiger partial charge on any atom is -0.335 e. The molecule has 1 aliphatic heterocycles. The summed E-state index contributed by atoms with van der Waals surface area (Å²) in [6.07, 6.45) is 9.33. The summed E-state index contributed by atoms with van der Waals surface area (Å²) in [7, 11) is 1.92. The van der Waals surface area contributed by atoms with Crippen LogP contribution in [0, 0.1) is 0 Å². The number of nitrogens with zero attached hydrogens (tertiary/aromatic N) is 8. The van der Waals surface area contributed by atoms with Crippen LogP contribution in [0.15, 0.2) is 43.1 Å². The van der Waals surface area contributed by atoms with Gasteiger partial charge in [-0.2, -0.15) is 15.3 Å². The van der Waals surface area contributed by atoms with Gasteiger partial charge in [0.15, 0.2) is 0 Å². The molecule has 26 heavy (non-hydrogen) atoms. The zero-order valence-electron chi connectivity index (χ0n) is 14.8. The zero-order valence-corrected chi connectivity index (χ0v) is 14.8. The molecule has 4 heterocycles. The van der Waals surface area contributed by atoms with Crippen molar-refractivity contribution in [2.45, 2.75) is 13.2 Å². The molecule has 0 aromatic carbocycles. The molecule has 1 amide bonds. The van der Waals surface area contributed by atoms with Crippen LogP contribution in [0.1, 0.15) is 16.1 Å². The van der Waals surface area contributed by atoms with Gasteiger partial charge in [0.1, 0.15) is 12.4 Å². The summed E-state index contributed by atoms with van der Waals surface area (Å²) in [6, 6.07) is 3.63. The molecule has 3 aromatic heterocycles. The Hall–Kier alpha value is -2.94. The van der Waals surface area contributed by atoms with Crippen molar-refractivity contribution in [2.75, 3.05) is 26.2 Å². The van der Waals surface area contributed by atoms with Gasteiger partial charge in [-0.1, -0.05) is 0 Å². The fraction of sp³-hybridized carbons (Fsp3) is 0.412. The summed E-state index contributed by atoms with van der Waals surface area (Å²) in [5, 5.41) is 12.7. The second-order valence-corrected chi connectivity index (χ2v) is 6.52. The van der Waals surface area contributed by atoms with Gasteiger partial charge in [0.05, 0.1) is 6.20 Å². The lowest BCUT2D eigenvalue weighted by atomic mass is 10.2. The monoisotopic (exact) mass is 354 g/mol. The van der Waals surface area contributed by atoms with Gasteiger partial charge in [0.2, 0.25) is 0 Å². The predicted octanol–water partition coefficient (Wildman–Crippen LogP) is 0.277. The van der Waals surface area contributed by atoms with E-state index >= 15 is 0 Å². The minimum atomic E-state index is -0.00903. The molecule has 0 unspecified atom stereocenters. The number of aryl methyl sites for hydroxylation is 1. The van der Waals surface area contributed by atoms with Crippen LogP contribution in [0.2, 0.25) is 0 Å². The molecule has 9 heteroatoms. The van der Waals surface area contributed by atoms with Crippen LogP contribution in [-0.4, -0.2) is 71.2 Å². The third kappa shape index (κ3) is 3.67. The molecule has 3 aromatic rings. The largest absolute Gasteiger partial charge is 0.335 e. The van der Waals surface area contributed by atoms with Crippen LogP contribution in [-0.2, 0) is 20.3 Å². The summed E-state index contributed by atoms with van der Waals surface area (Å²) in [5.41, 5.74) is 1.68. The lowest BCUT2D eigenvalue weighted by Crippen LogP contribution is -2.48. The van der Waals surface area contributed by atoms with Crippen LogP contribution >= 0.6 is 0 Å². The van der Waals surface area contributed by atoms with E-state index in [1.54, 1.807) is 21.6 Å². The van der Waals surface area contributed by atoms with E-state index in [9.17, 15) is 4.79 Å². The maximum Gasteiger partial charge on any atom is 0.274 e. The van der Waals surface area contributed by atoms with E-state index < -0.39 is 0 Å². The molecule has 1 fully saturated rings. The molecule has 0 radical (unpaired) electrons. The van der Waals surface area contributed by atoms with Gasteiger partial charge < -0.3 is 4.90 Å². The molecule has 0 saturated carbocycles. The van der Waals surface area contributed by atoms with Crippen molar-refractivity contribution in [3.63, 3.8) is 0 Å². The van der Waals surface area contributed by atoms with Crippen molar-refractivity contribution < 1.29 is 4.79 Å². The first-order chi connectivity index (χ1) is 12.7. The van der Waals surface area contributed by atoms with Crippen LogP contribution in [0.3, 0.4) is 0 Å². The molecule has 0 atom stereocenters. The van der Waals surface area contributed by atoms with Gasteiger partial charge in [-0.3, -0.25) is 23.7 Å². The molecule has 0 bridgehead atoms. The number of carbonyl (C=O) groups excluding carboxylic acids is 1. The number of rotatable bonds is 5. The summed E-state index contributed by atoms with van der Waals surface area (Å²) < 4.78 is 5.30. The number of carbonyl (C=O) groups is 1. The highest BCUT2D eigenvalue weighted by atomic mass is 16.2. The van der Waals surface area contributed by atoms with Gasteiger partial charge in [-0.15, -0.1) is 0 Å². The smallest absolute Gasteiger partial charge is 0.274 e. The summed E-state index contributed by atoms with van der Waals surface area (Å²) in [6.45, 7) is 4.51. The highest BCUT2D eigenvalue weighted by molar-refractivity contribution is 5.92. The molecule has 4 rings (SSSR count). The first-order valence-electron chi connectivity index (χ1n) is 8.67. The molecular weight excluding hydrogens is 332 g/mol. The van der Waals surface area contributed by atoms with Crippen LogP contribution < -0.4 is 0 Å². The third-order valence-electron chi connectivity index (χ3n) is 4.53. The Labute approximate surface area is 151 Å². The molecule has 1 saturated heterocycles. The van der Waals surface area contributed by atoms with E-state index in [1.807, 2.05) is 47.5 Å². The standard InChI is InChI=1S/C17H22N8O/c1-21-12-15(11-19-21)13-22-7-9-23(10-8-22)17(26)16-3-6-25(20-16)14-24-5-2-4-18-24/h2-6,11-12H,7-10,13-14H2,1H3.